The molecule has 0 radical (unpaired) electrons. The van der Waals surface area contributed by atoms with Gasteiger partial charge >= 0.3 is 11.9 Å². The Labute approximate surface area is 199 Å². The third-order valence-corrected chi connectivity index (χ3v) is 6.07. The van der Waals surface area contributed by atoms with E-state index in [0.29, 0.717) is 38.6 Å². The number of aromatic hydroxyl groups is 1. The lowest BCUT2D eigenvalue weighted by molar-refractivity contribution is -0.132. The van der Waals surface area contributed by atoms with E-state index in [0.717, 1.165) is 0 Å². The largest absolute Gasteiger partial charge is 0.506 e. The van der Waals surface area contributed by atoms with Crippen molar-refractivity contribution in [1.29, 1.82) is 0 Å². The Morgan fingerprint density at radius 3 is 1.91 bits per heavy atom. The molecule has 0 unspecified atom stereocenters. The van der Waals surface area contributed by atoms with Gasteiger partial charge in [0.25, 0.3) is 0 Å². The van der Waals surface area contributed by atoms with E-state index in [1.165, 1.54) is 12.1 Å². The van der Waals surface area contributed by atoms with E-state index < -0.39 is 17.7 Å². The highest BCUT2D eigenvalue weighted by Gasteiger charge is 2.30. The predicted octanol–water partition coefficient (Wildman–Crippen LogP) is 5.41. The molecular weight excluding hydrogens is 444 g/mol. The number of benzene rings is 4. The van der Waals surface area contributed by atoms with Crippen LogP contribution in [0.4, 0.5) is 0 Å². The van der Waals surface area contributed by atoms with Gasteiger partial charge in [0.1, 0.15) is 16.9 Å². The van der Waals surface area contributed by atoms with Crippen molar-refractivity contribution in [2.24, 2.45) is 0 Å². The summed E-state index contributed by atoms with van der Waals surface area (Å²) in [6.07, 6.45) is 1.34. The van der Waals surface area contributed by atoms with E-state index in [4.69, 9.17) is 0 Å². The Morgan fingerprint density at radius 1 is 0.657 bits per heavy atom. The van der Waals surface area contributed by atoms with Crippen molar-refractivity contribution in [2.45, 2.75) is 0 Å². The smallest absolute Gasteiger partial charge is 0.339 e. The lowest BCUT2D eigenvalue weighted by Crippen LogP contribution is -2.18. The summed E-state index contributed by atoms with van der Waals surface area (Å²) in [6, 6.07) is 24.1. The van der Waals surface area contributed by atoms with Crippen molar-refractivity contribution >= 4 is 39.6 Å². The fraction of sp³-hybridized carbons (Fsp3) is 0. The Hall–Kier alpha value is -4.97. The van der Waals surface area contributed by atoms with Crippen molar-refractivity contribution in [3.05, 3.63) is 124 Å². The molecule has 1 aliphatic rings. The quantitative estimate of drug-likeness (QED) is 0.350. The van der Waals surface area contributed by atoms with Gasteiger partial charge in [-0.05, 0) is 45.4 Å². The van der Waals surface area contributed by atoms with Gasteiger partial charge in [-0.15, -0.1) is 0 Å². The third-order valence-electron chi connectivity index (χ3n) is 6.07. The highest BCUT2D eigenvalue weighted by atomic mass is 16.4. The Morgan fingerprint density at radius 2 is 1.26 bits per heavy atom. The van der Waals surface area contributed by atoms with Crippen molar-refractivity contribution in [1.82, 2.24) is 0 Å². The van der Waals surface area contributed by atoms with Gasteiger partial charge in [-0.3, -0.25) is 4.79 Å². The summed E-state index contributed by atoms with van der Waals surface area (Å²) in [5.41, 5.74) is 2.32. The average Bonchev–Trinajstić information content (AvgIpc) is 2.87. The number of carboxylic acids is 2. The molecule has 0 aromatic heterocycles. The summed E-state index contributed by atoms with van der Waals surface area (Å²) in [5, 5.41) is 31.2. The van der Waals surface area contributed by atoms with E-state index >= 15 is 0 Å². The molecule has 4 aromatic rings. The second-order valence-electron chi connectivity index (χ2n) is 8.06. The SMILES string of the molecule is O=C(O)C1=C/C(=C(\c2ccccc2)c2cc(C(=O)O)c(O)c3ccccc23)c2ccccc2C1=O. The van der Waals surface area contributed by atoms with Crippen LogP contribution in [0.1, 0.15) is 37.4 Å². The lowest BCUT2D eigenvalue weighted by atomic mass is 9.80. The average molecular weight is 462 g/mol. The van der Waals surface area contributed by atoms with Crippen LogP contribution in [0.25, 0.3) is 21.9 Å². The van der Waals surface area contributed by atoms with Gasteiger partial charge in [-0.25, -0.2) is 9.59 Å². The molecule has 0 heterocycles. The zero-order valence-electron chi connectivity index (χ0n) is 18.2. The molecular formula is C29H18O6. The number of aromatic carboxylic acids is 1. The van der Waals surface area contributed by atoms with Crippen molar-refractivity contribution < 1.29 is 29.7 Å². The van der Waals surface area contributed by atoms with E-state index in [1.54, 1.807) is 48.5 Å². The first kappa shape index (κ1) is 21.9. The molecule has 0 spiro atoms. The highest BCUT2D eigenvalue weighted by molar-refractivity contribution is 6.30. The number of phenols is 1. The molecule has 1 aliphatic carbocycles. The zero-order valence-corrected chi connectivity index (χ0v) is 18.2. The summed E-state index contributed by atoms with van der Waals surface area (Å²) in [7, 11) is 0. The first-order valence-corrected chi connectivity index (χ1v) is 10.8. The maximum absolute atomic E-state index is 12.9. The molecule has 35 heavy (non-hydrogen) atoms. The number of aliphatic carboxylic acids is 1. The predicted molar refractivity (Wildman–Crippen MR) is 131 cm³/mol. The Balaban J connectivity index is 2.01. The minimum Gasteiger partial charge on any atom is -0.506 e. The van der Waals surface area contributed by atoms with Crippen LogP contribution in [0.3, 0.4) is 0 Å². The Bertz CT molecular complexity index is 1610. The summed E-state index contributed by atoms with van der Waals surface area (Å²) >= 11 is 0. The standard InChI is InChI=1S/C29H18O6/c30-26-19-12-6-4-10-17(19)21(14-23(26)28(32)33)25(16-8-2-1-3-9-16)22-15-24(29(34)35)27(31)20-13-7-5-11-18(20)22/h1-15,30H,(H,32,33)(H,34,35)/b25-22-. The number of carbonyl (C=O) groups is 3. The molecule has 5 rings (SSSR count). The van der Waals surface area contributed by atoms with Crippen molar-refractivity contribution in [3.63, 3.8) is 0 Å². The molecule has 0 saturated heterocycles. The van der Waals surface area contributed by atoms with Gasteiger partial charge in [0.2, 0.25) is 5.78 Å². The van der Waals surface area contributed by atoms with Crippen LogP contribution in [0.2, 0.25) is 0 Å². The number of rotatable bonds is 4. The minimum atomic E-state index is -1.35. The maximum atomic E-state index is 12.9. The second-order valence-corrected chi connectivity index (χ2v) is 8.06. The van der Waals surface area contributed by atoms with Gasteiger partial charge in [0.05, 0.1) is 0 Å². The topological polar surface area (TPSA) is 112 Å². The molecule has 0 fully saturated rings. The van der Waals surface area contributed by atoms with Gasteiger partial charge in [0.15, 0.2) is 0 Å². The normalized spacial score (nSPS) is 14.3. The first-order chi connectivity index (χ1) is 16.9. The molecule has 6 heteroatoms. The second kappa shape index (κ2) is 8.43. The van der Waals surface area contributed by atoms with E-state index in [1.807, 2.05) is 30.3 Å². The number of hydrogen-bond acceptors (Lipinski definition) is 4. The molecule has 0 atom stereocenters. The molecule has 4 aromatic carbocycles. The number of ketones is 1. The van der Waals surface area contributed by atoms with Crippen LogP contribution in [0.15, 0.2) is 96.6 Å². The molecule has 6 nitrogen and oxygen atoms in total. The zero-order chi connectivity index (χ0) is 24.7. The van der Waals surface area contributed by atoms with Gasteiger partial charge < -0.3 is 15.3 Å². The number of hydrogen-bond donors (Lipinski definition) is 3. The number of fused-ring (bicyclic) bond motifs is 2. The van der Waals surface area contributed by atoms with E-state index in [2.05, 4.69) is 0 Å². The van der Waals surface area contributed by atoms with Crippen molar-refractivity contribution in [3.8, 4) is 5.75 Å². The molecule has 0 amide bonds. The molecule has 170 valence electrons. The molecule has 0 bridgehead atoms. The number of carbonyl (C=O) groups excluding carboxylic acids is 1. The minimum absolute atomic E-state index is 0.248. The maximum Gasteiger partial charge on any atom is 0.339 e. The molecule has 3 N–H and O–H groups in total. The van der Waals surface area contributed by atoms with Gasteiger partial charge in [-0.1, -0.05) is 78.9 Å². The number of carboxylic acid groups (broad SMARTS) is 2. The van der Waals surface area contributed by atoms with Crippen LogP contribution >= 0.6 is 0 Å². The van der Waals surface area contributed by atoms with Gasteiger partial charge in [-0.2, -0.15) is 0 Å². The van der Waals surface area contributed by atoms with Crippen LogP contribution in [0.5, 0.6) is 5.75 Å². The number of allylic oxidation sites excluding steroid dienone is 2. The van der Waals surface area contributed by atoms with Crippen LogP contribution in [-0.4, -0.2) is 33.0 Å². The lowest BCUT2D eigenvalue weighted by Gasteiger charge is -2.22. The molecule has 0 aliphatic heterocycles. The summed E-state index contributed by atoms with van der Waals surface area (Å²) in [4.78, 5) is 36.9. The van der Waals surface area contributed by atoms with Crippen LogP contribution < -0.4 is 0 Å². The summed E-state index contributed by atoms with van der Waals surface area (Å²) in [6.45, 7) is 0. The van der Waals surface area contributed by atoms with E-state index in [9.17, 15) is 29.7 Å². The van der Waals surface area contributed by atoms with Crippen LogP contribution in [-0.2, 0) is 4.79 Å². The Kier molecular flexibility index (Phi) is 5.26. The monoisotopic (exact) mass is 462 g/mol. The highest BCUT2D eigenvalue weighted by Crippen LogP contribution is 2.43. The first-order valence-electron chi connectivity index (χ1n) is 10.8. The van der Waals surface area contributed by atoms with Crippen LogP contribution in [0, 0.1) is 0 Å². The molecule has 0 saturated carbocycles. The summed E-state index contributed by atoms with van der Waals surface area (Å²) in [5.74, 6) is -3.59. The third kappa shape index (κ3) is 3.57. The van der Waals surface area contributed by atoms with E-state index in [-0.39, 0.29) is 22.4 Å². The van der Waals surface area contributed by atoms with Gasteiger partial charge in [0, 0.05) is 10.9 Å². The number of Topliss-reactive ketones (excluding diaryl/α,β-unsaturated/α-hetero) is 1. The fourth-order valence-electron chi connectivity index (χ4n) is 4.51. The van der Waals surface area contributed by atoms with Crippen molar-refractivity contribution in [2.75, 3.05) is 0 Å². The fourth-order valence-corrected chi connectivity index (χ4v) is 4.51. The summed E-state index contributed by atoms with van der Waals surface area (Å²) < 4.78 is 0.